The molecule has 3 aromatic rings. The number of ketones is 1. The summed E-state index contributed by atoms with van der Waals surface area (Å²) in [4.78, 5) is 30.9. The van der Waals surface area contributed by atoms with Crippen LogP contribution in [0.1, 0.15) is 71.5 Å². The van der Waals surface area contributed by atoms with Crippen LogP contribution in [0.15, 0.2) is 23.1 Å². The van der Waals surface area contributed by atoms with Gasteiger partial charge in [0.2, 0.25) is 11.6 Å². The molecule has 19 heteroatoms. The van der Waals surface area contributed by atoms with E-state index in [1.54, 1.807) is 0 Å². The lowest BCUT2D eigenvalue weighted by molar-refractivity contribution is -0.150. The molecule has 2 fully saturated rings. The van der Waals surface area contributed by atoms with Crippen molar-refractivity contribution < 1.29 is 54.1 Å². The minimum absolute atomic E-state index is 0.0406. The average molecular weight is 640 g/mol. The lowest BCUT2D eigenvalue weighted by Gasteiger charge is -2.32. The van der Waals surface area contributed by atoms with Crippen LogP contribution in [0.5, 0.6) is 0 Å². The van der Waals surface area contributed by atoms with E-state index in [4.69, 9.17) is 4.74 Å². The fraction of sp³-hybridized carbons (Fsp3) is 0.600. The Morgan fingerprint density at radius 2 is 1.89 bits per heavy atom. The maximum Gasteiger partial charge on any atom is 0.439 e. The Morgan fingerprint density at radius 3 is 2.50 bits per heavy atom. The summed E-state index contributed by atoms with van der Waals surface area (Å²) in [5, 5.41) is 12.0. The number of methoxy groups -OCH3 is 1. The van der Waals surface area contributed by atoms with Crippen molar-refractivity contribution in [3.8, 4) is 0 Å². The number of hydrogen-bond donors (Lipinski definition) is 1. The summed E-state index contributed by atoms with van der Waals surface area (Å²) in [7, 11) is 1.30. The molecule has 0 bridgehead atoms. The number of nitrogens with one attached hydrogen (secondary N) is 1. The van der Waals surface area contributed by atoms with Crippen LogP contribution in [0.3, 0.4) is 0 Å². The van der Waals surface area contributed by atoms with E-state index in [1.807, 2.05) is 5.32 Å². The lowest BCUT2D eigenvalue weighted by Crippen LogP contribution is -2.40. The first-order chi connectivity index (χ1) is 20.6. The van der Waals surface area contributed by atoms with E-state index >= 15 is 0 Å². The van der Waals surface area contributed by atoms with E-state index in [0.717, 1.165) is 4.90 Å². The smallest absolute Gasteiger partial charge is 0.382 e. The highest BCUT2D eigenvalue weighted by Crippen LogP contribution is 2.44. The highest BCUT2D eigenvalue weighted by atomic mass is 19.4. The fourth-order valence-corrected chi connectivity index (χ4v) is 5.64. The highest BCUT2D eigenvalue weighted by molar-refractivity contribution is 5.95. The van der Waals surface area contributed by atoms with Crippen LogP contribution in [0.25, 0.3) is 5.65 Å². The predicted octanol–water partition coefficient (Wildman–Crippen LogP) is 4.96. The third kappa shape index (κ3) is 6.46. The van der Waals surface area contributed by atoms with Crippen molar-refractivity contribution in [1.82, 2.24) is 35.1 Å². The number of alkyl halides is 8. The molecule has 0 radical (unpaired) electrons. The SMILES string of the molecule is COC[C@H](c1cnn2cc([C@@H](CC(=O)c3nonc3C(F)(F)F)C3CCC(F)(F)CC3)nc2c1)N1C[C@@H](C(F)(F)F)NC1=O. The molecule has 5 rings (SSSR count). The Hall–Kier alpha value is -3.90. The second-order valence-electron chi connectivity index (χ2n) is 10.8. The van der Waals surface area contributed by atoms with Gasteiger partial charge in [0.1, 0.15) is 6.04 Å². The molecule has 0 spiro atoms. The van der Waals surface area contributed by atoms with Gasteiger partial charge in [-0.25, -0.2) is 27.7 Å². The molecule has 4 heterocycles. The molecule has 2 amide bonds. The van der Waals surface area contributed by atoms with Gasteiger partial charge in [0.15, 0.2) is 17.1 Å². The third-order valence-electron chi connectivity index (χ3n) is 7.92. The molecule has 1 saturated heterocycles. The van der Waals surface area contributed by atoms with E-state index < -0.39 is 91.2 Å². The average Bonchev–Trinajstić information content (AvgIpc) is 3.68. The number of halogens is 8. The van der Waals surface area contributed by atoms with Gasteiger partial charge in [0.05, 0.1) is 37.3 Å². The van der Waals surface area contributed by atoms with Crippen LogP contribution >= 0.6 is 0 Å². The van der Waals surface area contributed by atoms with Gasteiger partial charge in [-0.3, -0.25) is 4.79 Å². The number of imidazole rings is 1. The number of carbonyl (C=O) groups is 2. The number of amides is 2. The summed E-state index contributed by atoms with van der Waals surface area (Å²) in [5.41, 5.74) is -2.09. The normalized spacial score (nSPS) is 21.1. The summed E-state index contributed by atoms with van der Waals surface area (Å²) in [6, 6.07) is -2.62. The molecule has 1 aliphatic carbocycles. The number of fused-ring (bicyclic) bond motifs is 1. The number of ether oxygens (including phenoxy) is 1. The maximum atomic E-state index is 14.0. The maximum absolute atomic E-state index is 14.0. The zero-order valence-corrected chi connectivity index (χ0v) is 22.8. The molecule has 3 aromatic heterocycles. The van der Waals surface area contributed by atoms with Gasteiger partial charge in [-0.2, -0.15) is 31.4 Å². The van der Waals surface area contributed by atoms with E-state index in [2.05, 4.69) is 25.0 Å². The second-order valence-corrected chi connectivity index (χ2v) is 10.8. The van der Waals surface area contributed by atoms with Crippen LogP contribution in [0, 0.1) is 5.92 Å². The Bertz CT molecular complexity index is 1510. The standard InChI is InChI=1S/C25H25F8N7O4/c1-43-11-16(39-10-18(24(28,29)30)36-22(39)42)13-6-19-35-15(9-40(19)34-8-13)14(12-2-4-23(26,27)5-3-12)7-17(41)20-21(25(31,32)33)38-44-37-20/h6,8-9,12,14,16,18H,2-5,7,10-11H2,1H3,(H,36,42)/t14-,16+,18-/m0/s1. The molecule has 44 heavy (non-hydrogen) atoms. The van der Waals surface area contributed by atoms with Crippen LogP contribution in [0.2, 0.25) is 0 Å². The van der Waals surface area contributed by atoms with Crippen LogP contribution in [-0.2, 0) is 10.9 Å². The minimum Gasteiger partial charge on any atom is -0.382 e. The quantitative estimate of drug-likeness (QED) is 0.257. The summed E-state index contributed by atoms with van der Waals surface area (Å²) >= 11 is 0. The van der Waals surface area contributed by atoms with Crippen molar-refractivity contribution in [2.75, 3.05) is 20.3 Å². The third-order valence-corrected chi connectivity index (χ3v) is 7.92. The molecule has 1 N–H and O–H groups in total. The monoisotopic (exact) mass is 639 g/mol. The topological polar surface area (TPSA) is 128 Å². The number of aromatic nitrogens is 5. The number of nitrogens with zero attached hydrogens (tertiary/aromatic N) is 6. The Morgan fingerprint density at radius 1 is 1.18 bits per heavy atom. The van der Waals surface area contributed by atoms with E-state index in [0.29, 0.717) is 0 Å². The van der Waals surface area contributed by atoms with Crippen LogP contribution < -0.4 is 5.32 Å². The summed E-state index contributed by atoms with van der Waals surface area (Å²) in [6.45, 7) is -0.876. The van der Waals surface area contributed by atoms with Gasteiger partial charge >= 0.3 is 18.4 Å². The van der Waals surface area contributed by atoms with Crippen LogP contribution in [-0.4, -0.2) is 80.0 Å². The molecule has 0 unspecified atom stereocenters. The first-order valence-electron chi connectivity index (χ1n) is 13.4. The van der Waals surface area contributed by atoms with E-state index in [-0.39, 0.29) is 36.4 Å². The number of hydrogen-bond acceptors (Lipinski definition) is 8. The molecular formula is C25H25F8N7O4. The molecule has 1 aliphatic heterocycles. The Labute approximate surface area is 242 Å². The molecule has 2 aliphatic rings. The van der Waals surface area contributed by atoms with Crippen molar-refractivity contribution in [2.24, 2.45) is 5.92 Å². The van der Waals surface area contributed by atoms with Gasteiger partial charge < -0.3 is 15.0 Å². The van der Waals surface area contributed by atoms with Gasteiger partial charge in [-0.1, -0.05) is 0 Å². The largest absolute Gasteiger partial charge is 0.439 e. The first-order valence-corrected chi connectivity index (χ1v) is 13.4. The fourth-order valence-electron chi connectivity index (χ4n) is 5.64. The Kier molecular flexibility index (Phi) is 8.27. The Balaban J connectivity index is 1.46. The summed E-state index contributed by atoms with van der Waals surface area (Å²) < 4.78 is 118. The summed E-state index contributed by atoms with van der Waals surface area (Å²) in [6.07, 6.45) is -8.68. The number of Topliss-reactive ketones (excluding diaryl/α,β-unsaturated/α-hetero) is 1. The predicted molar refractivity (Wildman–Crippen MR) is 131 cm³/mol. The number of rotatable bonds is 9. The van der Waals surface area contributed by atoms with Gasteiger partial charge in [-0.15, -0.1) is 0 Å². The number of carbonyl (C=O) groups excluding carboxylic acids is 2. The molecule has 11 nitrogen and oxygen atoms in total. The van der Waals surface area contributed by atoms with E-state index in [9.17, 15) is 44.7 Å². The van der Waals surface area contributed by atoms with Crippen molar-refractivity contribution >= 4 is 17.5 Å². The molecule has 240 valence electrons. The van der Waals surface area contributed by atoms with Crippen molar-refractivity contribution in [3.63, 3.8) is 0 Å². The van der Waals surface area contributed by atoms with Gasteiger partial charge in [-0.05, 0) is 35.1 Å². The zero-order chi connectivity index (χ0) is 32.0. The summed E-state index contributed by atoms with van der Waals surface area (Å²) in [5.74, 6) is -5.49. The minimum atomic E-state index is -5.03. The lowest BCUT2D eigenvalue weighted by atomic mass is 9.75. The molecule has 0 aromatic carbocycles. The highest BCUT2D eigenvalue weighted by Gasteiger charge is 2.49. The molecule has 3 atom stereocenters. The zero-order valence-electron chi connectivity index (χ0n) is 22.8. The second kappa shape index (κ2) is 11.6. The van der Waals surface area contributed by atoms with Crippen molar-refractivity contribution in [1.29, 1.82) is 0 Å². The van der Waals surface area contributed by atoms with E-state index in [1.165, 1.54) is 30.1 Å². The van der Waals surface area contributed by atoms with Crippen LogP contribution in [0.4, 0.5) is 39.9 Å². The number of urea groups is 1. The first kappa shape index (κ1) is 31.5. The van der Waals surface area contributed by atoms with Crippen molar-refractivity contribution in [3.05, 3.63) is 41.1 Å². The van der Waals surface area contributed by atoms with Gasteiger partial charge in [0, 0.05) is 37.9 Å². The molecule has 1 saturated carbocycles. The van der Waals surface area contributed by atoms with Gasteiger partial charge in [0.25, 0.3) is 0 Å². The van der Waals surface area contributed by atoms with Crippen molar-refractivity contribution in [2.45, 2.75) is 68.4 Å². The molecular weight excluding hydrogens is 614 g/mol.